The van der Waals surface area contributed by atoms with Crippen molar-refractivity contribution in [2.24, 2.45) is 0 Å². The first-order valence-electron chi connectivity index (χ1n) is 7.78. The molecule has 2 heteroatoms. The van der Waals surface area contributed by atoms with Gasteiger partial charge >= 0.3 is 0 Å². The predicted molar refractivity (Wildman–Crippen MR) is 87.3 cm³/mol. The number of aliphatic hydroxyl groups is 1. The third-order valence-corrected chi connectivity index (χ3v) is 3.83. The first kappa shape index (κ1) is 15.6. The van der Waals surface area contributed by atoms with Gasteiger partial charge in [0.1, 0.15) is 5.75 Å². The highest BCUT2D eigenvalue weighted by molar-refractivity contribution is 5.64. The van der Waals surface area contributed by atoms with Crippen LogP contribution in [0, 0.1) is 0 Å². The predicted octanol–water partition coefficient (Wildman–Crippen LogP) is 5.06. The molecule has 0 aliphatic heterocycles. The van der Waals surface area contributed by atoms with Crippen LogP contribution in [-0.2, 0) is 0 Å². The Labute approximate surface area is 127 Å². The molecular formula is C19H24O2. The lowest BCUT2D eigenvalue weighted by Gasteiger charge is -2.11. The van der Waals surface area contributed by atoms with E-state index in [1.807, 2.05) is 36.4 Å². The van der Waals surface area contributed by atoms with Crippen molar-refractivity contribution in [3.05, 3.63) is 54.1 Å². The maximum atomic E-state index is 10.2. The quantitative estimate of drug-likeness (QED) is 0.697. The highest BCUT2D eigenvalue weighted by Crippen LogP contribution is 2.25. The van der Waals surface area contributed by atoms with E-state index in [4.69, 9.17) is 0 Å². The van der Waals surface area contributed by atoms with Gasteiger partial charge in [0.2, 0.25) is 0 Å². The molecule has 21 heavy (non-hydrogen) atoms. The second-order valence-electron chi connectivity index (χ2n) is 5.53. The highest BCUT2D eigenvalue weighted by Gasteiger charge is 2.07. The standard InChI is InChI=1S/C19H24O2/c1-2-3-4-5-6-19(21)17-9-7-15(8-10-17)16-11-13-18(20)14-12-16/h7-14,19-21H,2-6H2,1H3. The number of aliphatic hydroxyl groups excluding tert-OH is 1. The van der Waals surface area contributed by atoms with Crippen LogP contribution in [0.25, 0.3) is 11.1 Å². The van der Waals surface area contributed by atoms with Crippen LogP contribution in [0.3, 0.4) is 0 Å². The first-order valence-corrected chi connectivity index (χ1v) is 7.78. The smallest absolute Gasteiger partial charge is 0.115 e. The van der Waals surface area contributed by atoms with E-state index < -0.39 is 0 Å². The second-order valence-corrected chi connectivity index (χ2v) is 5.53. The zero-order valence-electron chi connectivity index (χ0n) is 12.6. The van der Waals surface area contributed by atoms with Crippen molar-refractivity contribution in [3.63, 3.8) is 0 Å². The van der Waals surface area contributed by atoms with Crippen molar-refractivity contribution < 1.29 is 10.2 Å². The van der Waals surface area contributed by atoms with E-state index in [0.717, 1.165) is 29.5 Å². The molecule has 0 heterocycles. The average molecular weight is 284 g/mol. The lowest BCUT2D eigenvalue weighted by molar-refractivity contribution is 0.163. The molecule has 0 bridgehead atoms. The van der Waals surface area contributed by atoms with E-state index in [1.165, 1.54) is 19.3 Å². The normalized spacial score (nSPS) is 12.3. The Morgan fingerprint density at radius 3 is 1.95 bits per heavy atom. The van der Waals surface area contributed by atoms with Crippen LogP contribution in [-0.4, -0.2) is 10.2 Å². The SMILES string of the molecule is CCCCCCC(O)c1ccc(-c2ccc(O)cc2)cc1. The summed E-state index contributed by atoms with van der Waals surface area (Å²) in [6.07, 6.45) is 5.20. The number of phenols is 1. The van der Waals surface area contributed by atoms with Crippen LogP contribution in [0.1, 0.15) is 50.7 Å². The molecule has 2 rings (SSSR count). The molecule has 0 saturated heterocycles. The molecule has 0 radical (unpaired) electrons. The third-order valence-electron chi connectivity index (χ3n) is 3.83. The van der Waals surface area contributed by atoms with Crippen molar-refractivity contribution in [3.8, 4) is 16.9 Å². The van der Waals surface area contributed by atoms with Crippen molar-refractivity contribution in [2.75, 3.05) is 0 Å². The van der Waals surface area contributed by atoms with Crippen LogP contribution in [0.15, 0.2) is 48.5 Å². The summed E-state index contributed by atoms with van der Waals surface area (Å²) in [4.78, 5) is 0. The number of aromatic hydroxyl groups is 1. The Kier molecular flexibility index (Phi) is 5.82. The molecule has 0 amide bonds. The average Bonchev–Trinajstić information content (AvgIpc) is 2.52. The largest absolute Gasteiger partial charge is 0.508 e. The Morgan fingerprint density at radius 1 is 0.810 bits per heavy atom. The van der Waals surface area contributed by atoms with Gasteiger partial charge in [-0.25, -0.2) is 0 Å². The van der Waals surface area contributed by atoms with Gasteiger partial charge in [-0.05, 0) is 35.2 Å². The molecule has 0 aliphatic carbocycles. The topological polar surface area (TPSA) is 40.5 Å². The summed E-state index contributed by atoms with van der Waals surface area (Å²) < 4.78 is 0. The van der Waals surface area contributed by atoms with Crippen molar-refractivity contribution in [1.29, 1.82) is 0 Å². The number of unbranched alkanes of at least 4 members (excludes halogenated alkanes) is 3. The van der Waals surface area contributed by atoms with E-state index in [9.17, 15) is 10.2 Å². The van der Waals surface area contributed by atoms with Crippen molar-refractivity contribution >= 4 is 0 Å². The fourth-order valence-electron chi connectivity index (χ4n) is 2.48. The molecule has 0 spiro atoms. The number of benzene rings is 2. The lowest BCUT2D eigenvalue weighted by Crippen LogP contribution is -1.97. The van der Waals surface area contributed by atoms with Gasteiger partial charge in [0.25, 0.3) is 0 Å². The summed E-state index contributed by atoms with van der Waals surface area (Å²) in [7, 11) is 0. The molecule has 1 unspecified atom stereocenters. The van der Waals surface area contributed by atoms with Gasteiger partial charge in [-0.3, -0.25) is 0 Å². The molecule has 0 saturated carbocycles. The summed E-state index contributed by atoms with van der Waals surface area (Å²) in [5.74, 6) is 0.276. The fourth-order valence-corrected chi connectivity index (χ4v) is 2.48. The van der Waals surface area contributed by atoms with E-state index in [1.54, 1.807) is 12.1 Å². The number of hydrogen-bond acceptors (Lipinski definition) is 2. The monoisotopic (exact) mass is 284 g/mol. The Balaban J connectivity index is 1.96. The van der Waals surface area contributed by atoms with Gasteiger partial charge in [-0.1, -0.05) is 69.0 Å². The maximum absolute atomic E-state index is 10.2. The molecule has 0 fully saturated rings. The molecule has 2 nitrogen and oxygen atoms in total. The lowest BCUT2D eigenvalue weighted by atomic mass is 9.99. The van der Waals surface area contributed by atoms with E-state index in [-0.39, 0.29) is 11.9 Å². The minimum Gasteiger partial charge on any atom is -0.508 e. The summed E-state index contributed by atoms with van der Waals surface area (Å²) >= 11 is 0. The third kappa shape index (κ3) is 4.61. The maximum Gasteiger partial charge on any atom is 0.115 e. The van der Waals surface area contributed by atoms with Gasteiger partial charge in [-0.15, -0.1) is 0 Å². The van der Waals surface area contributed by atoms with Gasteiger partial charge in [-0.2, -0.15) is 0 Å². The van der Waals surface area contributed by atoms with E-state index in [2.05, 4.69) is 6.92 Å². The minimum absolute atomic E-state index is 0.276. The molecule has 2 aromatic carbocycles. The van der Waals surface area contributed by atoms with E-state index >= 15 is 0 Å². The first-order chi connectivity index (χ1) is 10.2. The Hall–Kier alpha value is -1.80. The number of rotatable bonds is 7. The molecule has 0 aliphatic rings. The van der Waals surface area contributed by atoms with Gasteiger partial charge in [0.15, 0.2) is 0 Å². The zero-order valence-corrected chi connectivity index (χ0v) is 12.6. The van der Waals surface area contributed by atoms with Crippen LogP contribution >= 0.6 is 0 Å². The molecule has 0 aromatic heterocycles. The Morgan fingerprint density at radius 2 is 1.38 bits per heavy atom. The van der Waals surface area contributed by atoms with Crippen LogP contribution in [0.4, 0.5) is 0 Å². The molecule has 2 aromatic rings. The molecular weight excluding hydrogens is 260 g/mol. The summed E-state index contributed by atoms with van der Waals surface area (Å²) in [6, 6.07) is 15.2. The number of hydrogen-bond donors (Lipinski definition) is 2. The molecule has 1 atom stereocenters. The molecule has 2 N–H and O–H groups in total. The van der Waals surface area contributed by atoms with Gasteiger partial charge in [0.05, 0.1) is 6.10 Å². The molecule has 112 valence electrons. The Bertz CT molecular complexity index is 528. The zero-order chi connectivity index (χ0) is 15.1. The highest BCUT2D eigenvalue weighted by atomic mass is 16.3. The van der Waals surface area contributed by atoms with Crippen LogP contribution in [0.2, 0.25) is 0 Å². The van der Waals surface area contributed by atoms with E-state index in [0.29, 0.717) is 0 Å². The van der Waals surface area contributed by atoms with Crippen LogP contribution in [0.5, 0.6) is 5.75 Å². The fraction of sp³-hybridized carbons (Fsp3) is 0.368. The van der Waals surface area contributed by atoms with Gasteiger partial charge in [0, 0.05) is 0 Å². The minimum atomic E-state index is -0.365. The van der Waals surface area contributed by atoms with Crippen LogP contribution < -0.4 is 0 Å². The summed E-state index contributed by atoms with van der Waals surface area (Å²) in [5, 5.41) is 19.5. The second kappa shape index (κ2) is 7.84. The van der Waals surface area contributed by atoms with Crippen molar-refractivity contribution in [2.45, 2.75) is 45.1 Å². The summed E-state index contributed by atoms with van der Waals surface area (Å²) in [6.45, 7) is 2.19. The van der Waals surface area contributed by atoms with Gasteiger partial charge < -0.3 is 10.2 Å². The van der Waals surface area contributed by atoms with Crippen molar-refractivity contribution in [1.82, 2.24) is 0 Å². The number of phenolic OH excluding ortho intramolecular Hbond substituents is 1. The summed E-state index contributed by atoms with van der Waals surface area (Å²) in [5.41, 5.74) is 3.14.